The van der Waals surface area contributed by atoms with Crippen LogP contribution in [0.4, 0.5) is 5.82 Å². The van der Waals surface area contributed by atoms with Gasteiger partial charge in [-0.15, -0.1) is 11.3 Å². The molecular formula is C18H20N4O2S2. The van der Waals surface area contributed by atoms with Gasteiger partial charge in [-0.05, 0) is 36.9 Å². The highest BCUT2D eigenvalue weighted by Crippen LogP contribution is 2.28. The smallest absolute Gasteiger partial charge is 0.243 e. The Labute approximate surface area is 157 Å². The van der Waals surface area contributed by atoms with Crippen LogP contribution in [0.25, 0.3) is 10.2 Å². The van der Waals surface area contributed by atoms with E-state index in [4.69, 9.17) is 0 Å². The molecule has 0 radical (unpaired) electrons. The van der Waals surface area contributed by atoms with Crippen LogP contribution in [0, 0.1) is 13.8 Å². The molecule has 26 heavy (non-hydrogen) atoms. The third-order valence-corrected chi connectivity index (χ3v) is 7.61. The highest BCUT2D eigenvalue weighted by Gasteiger charge is 2.30. The number of thiophene rings is 1. The van der Waals surface area contributed by atoms with Gasteiger partial charge < -0.3 is 4.90 Å². The van der Waals surface area contributed by atoms with Crippen LogP contribution < -0.4 is 4.90 Å². The Balaban J connectivity index is 1.55. The van der Waals surface area contributed by atoms with Gasteiger partial charge in [-0.2, -0.15) is 4.31 Å². The molecular weight excluding hydrogens is 368 g/mol. The minimum atomic E-state index is -3.47. The van der Waals surface area contributed by atoms with Crippen molar-refractivity contribution >= 4 is 37.4 Å². The third kappa shape index (κ3) is 2.98. The lowest BCUT2D eigenvalue weighted by Gasteiger charge is -2.35. The van der Waals surface area contributed by atoms with Crippen LogP contribution >= 0.6 is 11.3 Å². The number of aromatic nitrogens is 2. The Bertz CT molecular complexity index is 1050. The second kappa shape index (κ2) is 6.61. The molecule has 3 aromatic rings. The highest BCUT2D eigenvalue weighted by molar-refractivity contribution is 7.89. The monoisotopic (exact) mass is 388 g/mol. The second-order valence-corrected chi connectivity index (χ2v) is 9.30. The summed E-state index contributed by atoms with van der Waals surface area (Å²) in [4.78, 5) is 12.2. The van der Waals surface area contributed by atoms with E-state index >= 15 is 0 Å². The molecule has 136 valence electrons. The molecule has 0 aliphatic carbocycles. The first kappa shape index (κ1) is 17.4. The summed E-state index contributed by atoms with van der Waals surface area (Å²) >= 11 is 1.59. The van der Waals surface area contributed by atoms with Gasteiger partial charge in [0.2, 0.25) is 10.0 Å². The molecule has 1 fully saturated rings. The van der Waals surface area contributed by atoms with Crippen LogP contribution in [0.2, 0.25) is 0 Å². The minimum Gasteiger partial charge on any atom is -0.353 e. The summed E-state index contributed by atoms with van der Waals surface area (Å²) in [5.41, 5.74) is 1.86. The predicted octanol–water partition coefficient (Wildman–Crippen LogP) is 2.82. The summed E-state index contributed by atoms with van der Waals surface area (Å²) in [5.74, 6) is 0.889. The van der Waals surface area contributed by atoms with Crippen LogP contribution in [0.5, 0.6) is 0 Å². The molecule has 1 aliphatic heterocycles. The van der Waals surface area contributed by atoms with E-state index in [1.807, 2.05) is 37.4 Å². The van der Waals surface area contributed by atoms with Crippen LogP contribution in [0.15, 0.2) is 40.9 Å². The topological polar surface area (TPSA) is 66.4 Å². The van der Waals surface area contributed by atoms with Crippen LogP contribution in [-0.2, 0) is 10.0 Å². The third-order valence-electron chi connectivity index (χ3n) is 4.73. The Hall–Kier alpha value is -2.03. The Morgan fingerprint density at radius 3 is 2.54 bits per heavy atom. The van der Waals surface area contributed by atoms with Crippen molar-refractivity contribution < 1.29 is 8.42 Å². The van der Waals surface area contributed by atoms with Gasteiger partial charge in [0.15, 0.2) is 0 Å². The lowest BCUT2D eigenvalue weighted by atomic mass is 10.2. The van der Waals surface area contributed by atoms with Crippen LogP contribution in [0.3, 0.4) is 0 Å². The van der Waals surface area contributed by atoms with Crippen molar-refractivity contribution in [2.24, 2.45) is 0 Å². The Morgan fingerprint density at radius 1 is 1.04 bits per heavy atom. The number of rotatable bonds is 3. The fraction of sp³-hybridized carbons (Fsp3) is 0.333. The molecule has 2 aromatic heterocycles. The largest absolute Gasteiger partial charge is 0.353 e. The molecule has 1 saturated heterocycles. The SMILES string of the molecule is Cc1ccc(S(=O)(=O)N2CCN(c3ncnc4sccc34)CC2)c(C)c1. The quantitative estimate of drug-likeness (QED) is 0.690. The average molecular weight is 389 g/mol. The second-order valence-electron chi connectivity index (χ2n) is 6.50. The van der Waals surface area contributed by atoms with Gasteiger partial charge in [0.25, 0.3) is 0 Å². The number of sulfonamides is 1. The first-order chi connectivity index (χ1) is 12.5. The maximum atomic E-state index is 13.0. The number of piperazine rings is 1. The zero-order valence-electron chi connectivity index (χ0n) is 14.7. The van der Waals surface area contributed by atoms with Crippen molar-refractivity contribution in [1.29, 1.82) is 0 Å². The molecule has 0 unspecified atom stereocenters. The van der Waals surface area contributed by atoms with Gasteiger partial charge in [0, 0.05) is 26.2 Å². The van der Waals surface area contributed by atoms with Crippen LogP contribution in [0.1, 0.15) is 11.1 Å². The molecule has 1 aromatic carbocycles. The van der Waals surface area contributed by atoms with E-state index < -0.39 is 10.0 Å². The average Bonchev–Trinajstić information content (AvgIpc) is 3.10. The number of benzene rings is 1. The van der Waals surface area contributed by atoms with E-state index in [2.05, 4.69) is 14.9 Å². The molecule has 0 atom stereocenters. The Kier molecular flexibility index (Phi) is 4.42. The van der Waals surface area contributed by atoms with E-state index in [1.165, 1.54) is 0 Å². The molecule has 3 heterocycles. The fourth-order valence-corrected chi connectivity index (χ4v) is 5.75. The van der Waals surface area contributed by atoms with E-state index in [9.17, 15) is 8.42 Å². The summed E-state index contributed by atoms with van der Waals surface area (Å²) < 4.78 is 27.6. The number of hydrogen-bond donors (Lipinski definition) is 0. The van der Waals surface area contributed by atoms with Crippen molar-refractivity contribution in [3.8, 4) is 0 Å². The summed E-state index contributed by atoms with van der Waals surface area (Å²) in [5, 5.41) is 3.03. The standard InChI is InChI=1S/C18H20N4O2S2/c1-13-3-4-16(14(2)11-13)26(23,24)22-8-6-21(7-9-22)17-15-5-10-25-18(15)20-12-19-17/h3-5,10-12H,6-9H2,1-2H3. The molecule has 6 nitrogen and oxygen atoms in total. The molecule has 1 aliphatic rings. The molecule has 0 spiro atoms. The summed E-state index contributed by atoms with van der Waals surface area (Å²) in [6, 6.07) is 7.50. The van der Waals surface area contributed by atoms with Crippen molar-refractivity contribution in [2.75, 3.05) is 31.1 Å². The molecule has 4 rings (SSSR count). The van der Waals surface area contributed by atoms with Gasteiger partial charge in [0.1, 0.15) is 17.0 Å². The number of nitrogens with zero attached hydrogens (tertiary/aromatic N) is 4. The van der Waals surface area contributed by atoms with Crippen molar-refractivity contribution in [3.63, 3.8) is 0 Å². The van der Waals surface area contributed by atoms with Crippen molar-refractivity contribution in [1.82, 2.24) is 14.3 Å². The van der Waals surface area contributed by atoms with E-state index in [-0.39, 0.29) is 0 Å². The fourth-order valence-electron chi connectivity index (χ4n) is 3.40. The summed E-state index contributed by atoms with van der Waals surface area (Å²) in [6.45, 7) is 5.95. The lowest BCUT2D eigenvalue weighted by Crippen LogP contribution is -2.49. The van der Waals surface area contributed by atoms with Crippen LogP contribution in [-0.4, -0.2) is 48.9 Å². The first-order valence-corrected chi connectivity index (χ1v) is 10.8. The van der Waals surface area contributed by atoms with Crippen molar-refractivity contribution in [2.45, 2.75) is 18.7 Å². The van der Waals surface area contributed by atoms with E-state index in [0.717, 1.165) is 27.2 Å². The van der Waals surface area contributed by atoms with Crippen molar-refractivity contribution in [3.05, 3.63) is 47.1 Å². The number of anilines is 1. The zero-order valence-corrected chi connectivity index (χ0v) is 16.3. The predicted molar refractivity (Wildman–Crippen MR) is 104 cm³/mol. The molecule has 0 saturated carbocycles. The maximum Gasteiger partial charge on any atom is 0.243 e. The number of fused-ring (bicyclic) bond motifs is 1. The van der Waals surface area contributed by atoms with E-state index in [1.54, 1.807) is 28.0 Å². The molecule has 0 bridgehead atoms. The summed E-state index contributed by atoms with van der Waals surface area (Å²) in [6.07, 6.45) is 1.58. The molecule has 0 amide bonds. The van der Waals surface area contributed by atoms with Gasteiger partial charge in [0.05, 0.1) is 10.3 Å². The molecule has 0 N–H and O–H groups in total. The minimum absolute atomic E-state index is 0.402. The molecule has 8 heteroatoms. The van der Waals surface area contributed by atoms with Gasteiger partial charge in [-0.1, -0.05) is 17.7 Å². The van der Waals surface area contributed by atoms with Gasteiger partial charge >= 0.3 is 0 Å². The number of hydrogen-bond acceptors (Lipinski definition) is 6. The van der Waals surface area contributed by atoms with Gasteiger partial charge in [-0.25, -0.2) is 18.4 Å². The zero-order chi connectivity index (χ0) is 18.3. The van der Waals surface area contributed by atoms with E-state index in [0.29, 0.717) is 31.1 Å². The Morgan fingerprint density at radius 2 is 1.81 bits per heavy atom. The highest BCUT2D eigenvalue weighted by atomic mass is 32.2. The van der Waals surface area contributed by atoms with Gasteiger partial charge in [-0.3, -0.25) is 0 Å². The maximum absolute atomic E-state index is 13.0. The number of aryl methyl sites for hydroxylation is 2. The normalized spacial score (nSPS) is 16.3. The summed E-state index contributed by atoms with van der Waals surface area (Å²) in [7, 11) is -3.47. The lowest BCUT2D eigenvalue weighted by molar-refractivity contribution is 0.384. The first-order valence-electron chi connectivity index (χ1n) is 8.47.